The third-order valence-corrected chi connectivity index (χ3v) is 5.90. The summed E-state index contributed by atoms with van der Waals surface area (Å²) < 4.78 is 11.6. The smallest absolute Gasteiger partial charge is 0.0737 e. The zero-order valence-corrected chi connectivity index (χ0v) is 12.9. The van der Waals surface area contributed by atoms with Gasteiger partial charge >= 0.3 is 0 Å². The van der Waals surface area contributed by atoms with Gasteiger partial charge in [-0.1, -0.05) is 6.07 Å². The maximum absolute atomic E-state index is 6.11. The third kappa shape index (κ3) is 2.97. The number of thioether (sulfide) groups is 1. The molecule has 0 bridgehead atoms. The van der Waals surface area contributed by atoms with E-state index in [9.17, 15) is 0 Å². The zero-order valence-electron chi connectivity index (χ0n) is 12.1. The van der Waals surface area contributed by atoms with Crippen LogP contribution in [0.25, 0.3) is 0 Å². The zero-order chi connectivity index (χ0) is 14.0. The molecule has 2 N–H and O–H groups in total. The van der Waals surface area contributed by atoms with Crippen LogP contribution in [0.15, 0.2) is 23.1 Å². The Morgan fingerprint density at radius 2 is 2.05 bits per heavy atom. The molecule has 20 heavy (non-hydrogen) atoms. The molecule has 4 heteroatoms. The lowest BCUT2D eigenvalue weighted by Gasteiger charge is -2.43. The van der Waals surface area contributed by atoms with Crippen LogP contribution in [0.4, 0.5) is 5.69 Å². The van der Waals surface area contributed by atoms with Crippen LogP contribution in [-0.2, 0) is 9.47 Å². The summed E-state index contributed by atoms with van der Waals surface area (Å²) in [6.07, 6.45) is 4.34. The summed E-state index contributed by atoms with van der Waals surface area (Å²) in [5, 5.41) is 0.627. The maximum Gasteiger partial charge on any atom is 0.0737 e. The molecule has 0 radical (unpaired) electrons. The van der Waals surface area contributed by atoms with Gasteiger partial charge in [-0.15, -0.1) is 11.8 Å². The summed E-state index contributed by atoms with van der Waals surface area (Å²) in [4.78, 5) is 1.32. The number of ether oxygens (including phenoxy) is 2. The van der Waals surface area contributed by atoms with E-state index >= 15 is 0 Å². The summed E-state index contributed by atoms with van der Waals surface area (Å²) >= 11 is 1.97. The van der Waals surface area contributed by atoms with Crippen molar-refractivity contribution < 1.29 is 9.47 Å². The lowest BCUT2D eigenvalue weighted by atomic mass is 9.86. The average Bonchev–Trinajstić information content (AvgIpc) is 2.45. The van der Waals surface area contributed by atoms with Crippen LogP contribution in [0.2, 0.25) is 0 Å². The van der Waals surface area contributed by atoms with E-state index < -0.39 is 0 Å². The van der Waals surface area contributed by atoms with Crippen LogP contribution >= 0.6 is 11.8 Å². The Morgan fingerprint density at radius 3 is 2.85 bits per heavy atom. The molecule has 0 amide bonds. The second-order valence-electron chi connectivity index (χ2n) is 5.85. The number of nitrogens with two attached hydrogens (primary N) is 1. The number of hydrogen-bond donors (Lipinski definition) is 1. The first kappa shape index (κ1) is 14.2. The van der Waals surface area contributed by atoms with Gasteiger partial charge in [-0.2, -0.15) is 0 Å². The Balaban J connectivity index is 1.69. The molecule has 3 rings (SSSR count). The van der Waals surface area contributed by atoms with E-state index in [1.807, 2.05) is 23.9 Å². The molecule has 1 spiro atoms. The predicted octanol–water partition coefficient (Wildman–Crippen LogP) is 3.40. The molecule has 110 valence electrons. The molecule has 1 atom stereocenters. The van der Waals surface area contributed by atoms with Crippen LogP contribution in [0.5, 0.6) is 0 Å². The van der Waals surface area contributed by atoms with Crippen molar-refractivity contribution in [1.82, 2.24) is 0 Å². The fraction of sp³-hybridized carbons (Fsp3) is 0.625. The summed E-state index contributed by atoms with van der Waals surface area (Å²) in [6, 6.07) is 6.21. The number of hydrogen-bond acceptors (Lipinski definition) is 4. The molecule has 2 heterocycles. The predicted molar refractivity (Wildman–Crippen MR) is 83.2 cm³/mol. The van der Waals surface area contributed by atoms with Crippen molar-refractivity contribution in [3.8, 4) is 0 Å². The summed E-state index contributed by atoms with van der Waals surface area (Å²) in [5.74, 6) is 0. The van der Waals surface area contributed by atoms with Crippen molar-refractivity contribution in [2.75, 3.05) is 25.6 Å². The molecular weight excluding hydrogens is 270 g/mol. The highest BCUT2D eigenvalue weighted by Crippen LogP contribution is 2.41. The third-order valence-electron chi connectivity index (χ3n) is 4.47. The molecule has 0 aliphatic carbocycles. The van der Waals surface area contributed by atoms with Gasteiger partial charge in [0, 0.05) is 35.7 Å². The van der Waals surface area contributed by atoms with Gasteiger partial charge in [0.2, 0.25) is 0 Å². The van der Waals surface area contributed by atoms with Crippen LogP contribution in [0.3, 0.4) is 0 Å². The molecule has 2 saturated heterocycles. The van der Waals surface area contributed by atoms with Crippen molar-refractivity contribution in [1.29, 1.82) is 0 Å². The molecule has 1 aromatic rings. The minimum absolute atomic E-state index is 0.0718. The number of benzene rings is 1. The fourth-order valence-electron chi connectivity index (χ4n) is 3.11. The average molecular weight is 293 g/mol. The Morgan fingerprint density at radius 1 is 1.25 bits per heavy atom. The van der Waals surface area contributed by atoms with Gasteiger partial charge in [-0.05, 0) is 50.3 Å². The minimum atomic E-state index is 0.0718. The molecule has 1 aromatic carbocycles. The van der Waals surface area contributed by atoms with Gasteiger partial charge < -0.3 is 15.2 Å². The second kappa shape index (κ2) is 5.96. The van der Waals surface area contributed by atoms with Crippen molar-refractivity contribution in [2.24, 2.45) is 0 Å². The Labute approximate surface area is 125 Å². The first-order valence-corrected chi connectivity index (χ1v) is 8.30. The first-order valence-electron chi connectivity index (χ1n) is 7.42. The van der Waals surface area contributed by atoms with Gasteiger partial charge in [0.15, 0.2) is 0 Å². The normalized spacial score (nSPS) is 25.8. The van der Waals surface area contributed by atoms with E-state index in [2.05, 4.69) is 13.0 Å². The maximum atomic E-state index is 6.11. The molecule has 3 nitrogen and oxygen atoms in total. The molecule has 1 unspecified atom stereocenters. The molecular formula is C16H23NO2S. The van der Waals surface area contributed by atoms with Crippen molar-refractivity contribution in [2.45, 2.75) is 48.4 Å². The van der Waals surface area contributed by atoms with Gasteiger partial charge in [0.05, 0.1) is 5.60 Å². The van der Waals surface area contributed by atoms with Gasteiger partial charge in [-0.3, -0.25) is 0 Å². The number of nitrogen functional groups attached to an aromatic ring is 1. The quantitative estimate of drug-likeness (QED) is 0.849. The monoisotopic (exact) mass is 293 g/mol. The SMILES string of the molecule is Cc1c(N)cccc1SC1CCOC2(CCOCC2)C1. The van der Waals surface area contributed by atoms with Crippen LogP contribution < -0.4 is 5.73 Å². The van der Waals surface area contributed by atoms with Crippen LogP contribution in [0.1, 0.15) is 31.2 Å². The van der Waals surface area contributed by atoms with E-state index in [1.54, 1.807) is 0 Å². The second-order valence-corrected chi connectivity index (χ2v) is 7.19. The van der Waals surface area contributed by atoms with E-state index in [-0.39, 0.29) is 5.60 Å². The van der Waals surface area contributed by atoms with Gasteiger partial charge in [0.25, 0.3) is 0 Å². The van der Waals surface area contributed by atoms with Gasteiger partial charge in [-0.25, -0.2) is 0 Å². The standard InChI is InChI=1S/C16H23NO2S/c1-12-14(17)3-2-4-15(12)20-13-5-8-19-16(11-13)6-9-18-10-7-16/h2-4,13H,5-11,17H2,1H3. The highest BCUT2D eigenvalue weighted by molar-refractivity contribution is 8.00. The number of rotatable bonds is 2. The van der Waals surface area contributed by atoms with E-state index in [0.29, 0.717) is 5.25 Å². The summed E-state index contributed by atoms with van der Waals surface area (Å²) in [7, 11) is 0. The van der Waals surface area contributed by atoms with Crippen molar-refractivity contribution in [3.05, 3.63) is 23.8 Å². The van der Waals surface area contributed by atoms with Crippen LogP contribution in [-0.4, -0.2) is 30.7 Å². The first-order chi connectivity index (χ1) is 9.69. The largest absolute Gasteiger partial charge is 0.398 e. The number of anilines is 1. The van der Waals surface area contributed by atoms with Crippen LogP contribution in [0, 0.1) is 6.92 Å². The highest BCUT2D eigenvalue weighted by atomic mass is 32.2. The Kier molecular flexibility index (Phi) is 4.24. The fourth-order valence-corrected chi connectivity index (χ4v) is 4.53. The minimum Gasteiger partial charge on any atom is -0.398 e. The molecule has 2 aliphatic rings. The molecule has 2 fully saturated rings. The lowest BCUT2D eigenvalue weighted by molar-refractivity contribution is -0.131. The Hall–Kier alpha value is -0.710. The van der Waals surface area contributed by atoms with E-state index in [0.717, 1.165) is 51.2 Å². The molecule has 0 aromatic heterocycles. The topological polar surface area (TPSA) is 44.5 Å². The highest BCUT2D eigenvalue weighted by Gasteiger charge is 2.39. The Bertz CT molecular complexity index is 466. The molecule has 0 saturated carbocycles. The van der Waals surface area contributed by atoms with Gasteiger partial charge in [0.1, 0.15) is 0 Å². The summed E-state index contributed by atoms with van der Waals surface area (Å²) in [5.41, 5.74) is 8.18. The molecule has 2 aliphatic heterocycles. The van der Waals surface area contributed by atoms with E-state index in [1.165, 1.54) is 10.5 Å². The summed E-state index contributed by atoms with van der Waals surface area (Å²) in [6.45, 7) is 4.67. The van der Waals surface area contributed by atoms with E-state index in [4.69, 9.17) is 15.2 Å². The lowest BCUT2D eigenvalue weighted by Crippen LogP contribution is -2.45. The van der Waals surface area contributed by atoms with Crippen molar-refractivity contribution >= 4 is 17.4 Å². The van der Waals surface area contributed by atoms with Crippen molar-refractivity contribution in [3.63, 3.8) is 0 Å².